The highest BCUT2D eigenvalue weighted by Crippen LogP contribution is 2.08. The van der Waals surface area contributed by atoms with Crippen LogP contribution >= 0.6 is 0 Å². The molecule has 1 aromatic carbocycles. The molecule has 5 heteroatoms. The van der Waals surface area contributed by atoms with Gasteiger partial charge < -0.3 is 0 Å². The van der Waals surface area contributed by atoms with Gasteiger partial charge in [0.05, 0.1) is 17.1 Å². The molecule has 0 aliphatic rings. The van der Waals surface area contributed by atoms with Crippen LogP contribution in [0.1, 0.15) is 11.4 Å². The molecule has 4 nitrogen and oxygen atoms in total. The van der Waals surface area contributed by atoms with E-state index < -0.39 is 10.0 Å². The average Bonchev–Trinajstić information content (AvgIpc) is 2.38. The van der Waals surface area contributed by atoms with Crippen molar-refractivity contribution in [3.63, 3.8) is 0 Å². The highest BCUT2D eigenvalue weighted by Gasteiger charge is 2.12. The Morgan fingerprint density at radius 3 is 2.44 bits per heavy atom. The molecule has 18 heavy (non-hydrogen) atoms. The molecular formula is C13H14N2O2S. The lowest BCUT2D eigenvalue weighted by molar-refractivity contribution is 0.580. The highest BCUT2D eigenvalue weighted by atomic mass is 32.2. The number of benzene rings is 1. The fourth-order valence-corrected chi connectivity index (χ4v) is 2.57. The van der Waals surface area contributed by atoms with Crippen molar-refractivity contribution in [2.45, 2.75) is 18.4 Å². The summed E-state index contributed by atoms with van der Waals surface area (Å²) < 4.78 is 26.4. The van der Waals surface area contributed by atoms with Gasteiger partial charge >= 0.3 is 0 Å². The predicted octanol–water partition coefficient (Wildman–Crippen LogP) is 1.87. The molecular weight excluding hydrogens is 248 g/mol. The molecule has 0 aliphatic heterocycles. The van der Waals surface area contributed by atoms with Crippen LogP contribution in [0.25, 0.3) is 0 Å². The first-order chi connectivity index (χ1) is 8.58. The van der Waals surface area contributed by atoms with E-state index in [4.69, 9.17) is 0 Å². The molecule has 0 bridgehead atoms. The number of hydrogen-bond acceptors (Lipinski definition) is 3. The number of nitrogens with one attached hydrogen (secondary N) is 1. The Balaban J connectivity index is 2.11. The van der Waals surface area contributed by atoms with E-state index in [0.29, 0.717) is 5.69 Å². The van der Waals surface area contributed by atoms with E-state index in [1.54, 1.807) is 36.4 Å². The van der Waals surface area contributed by atoms with Crippen molar-refractivity contribution in [2.24, 2.45) is 0 Å². The van der Waals surface area contributed by atoms with Gasteiger partial charge in [0.2, 0.25) is 10.0 Å². The van der Waals surface area contributed by atoms with Crippen LogP contribution in [-0.2, 0) is 16.6 Å². The molecule has 0 spiro atoms. The fraction of sp³-hybridized carbons (Fsp3) is 0.154. The van der Waals surface area contributed by atoms with Gasteiger partial charge in [-0.3, -0.25) is 4.98 Å². The van der Waals surface area contributed by atoms with Crippen molar-refractivity contribution in [3.05, 3.63) is 59.9 Å². The largest absolute Gasteiger partial charge is 0.257 e. The topological polar surface area (TPSA) is 59.1 Å². The minimum atomic E-state index is -3.46. The molecule has 2 aromatic rings. The second-order valence-corrected chi connectivity index (χ2v) is 5.67. The van der Waals surface area contributed by atoms with Crippen molar-refractivity contribution in [1.82, 2.24) is 9.71 Å². The Bertz CT molecular complexity index is 624. The van der Waals surface area contributed by atoms with Crippen LogP contribution in [-0.4, -0.2) is 13.4 Å². The third-order valence-electron chi connectivity index (χ3n) is 2.44. The Kier molecular flexibility index (Phi) is 3.74. The summed E-state index contributed by atoms with van der Waals surface area (Å²) in [5.41, 5.74) is 1.57. The van der Waals surface area contributed by atoms with Crippen LogP contribution in [0.3, 0.4) is 0 Å². The van der Waals surface area contributed by atoms with Crippen LogP contribution in [0.2, 0.25) is 0 Å². The minimum absolute atomic E-state index is 0.193. The molecule has 0 atom stereocenters. The number of sulfonamides is 1. The van der Waals surface area contributed by atoms with Crippen molar-refractivity contribution in [2.75, 3.05) is 0 Å². The Hall–Kier alpha value is -1.72. The molecule has 0 unspecified atom stereocenters. The van der Waals surface area contributed by atoms with E-state index in [-0.39, 0.29) is 11.4 Å². The third kappa shape index (κ3) is 3.15. The van der Waals surface area contributed by atoms with Gasteiger partial charge in [0.1, 0.15) is 0 Å². The zero-order valence-corrected chi connectivity index (χ0v) is 10.8. The van der Waals surface area contributed by atoms with Crippen LogP contribution in [0.15, 0.2) is 53.4 Å². The molecule has 1 N–H and O–H groups in total. The lowest BCUT2D eigenvalue weighted by Crippen LogP contribution is -2.23. The highest BCUT2D eigenvalue weighted by molar-refractivity contribution is 7.89. The maximum absolute atomic E-state index is 12.0. The van der Waals surface area contributed by atoms with Gasteiger partial charge in [-0.05, 0) is 31.2 Å². The van der Waals surface area contributed by atoms with Gasteiger partial charge in [-0.1, -0.05) is 24.3 Å². The monoisotopic (exact) mass is 262 g/mol. The first-order valence-corrected chi connectivity index (χ1v) is 7.03. The first-order valence-electron chi connectivity index (χ1n) is 5.55. The van der Waals surface area contributed by atoms with Crippen LogP contribution in [0.5, 0.6) is 0 Å². The molecule has 0 saturated carbocycles. The maximum Gasteiger partial charge on any atom is 0.240 e. The smallest absolute Gasteiger partial charge is 0.240 e. The van der Waals surface area contributed by atoms with Gasteiger partial charge in [0, 0.05) is 5.69 Å². The molecule has 2 rings (SSSR count). The predicted molar refractivity (Wildman–Crippen MR) is 69.4 cm³/mol. The zero-order chi connectivity index (χ0) is 13.0. The summed E-state index contributed by atoms with van der Waals surface area (Å²) in [6.45, 7) is 2.06. The Labute approximate surface area is 107 Å². The number of rotatable bonds is 4. The third-order valence-corrected chi connectivity index (χ3v) is 3.86. The lowest BCUT2D eigenvalue weighted by Gasteiger charge is -2.06. The van der Waals surface area contributed by atoms with Crippen molar-refractivity contribution in [3.8, 4) is 0 Å². The molecule has 0 radical (unpaired) electrons. The molecule has 0 aliphatic carbocycles. The average molecular weight is 262 g/mol. The molecule has 1 heterocycles. The molecule has 0 saturated heterocycles. The van der Waals surface area contributed by atoms with Gasteiger partial charge in [-0.15, -0.1) is 0 Å². The molecule has 0 fully saturated rings. The van der Waals surface area contributed by atoms with Crippen LogP contribution < -0.4 is 4.72 Å². The Morgan fingerprint density at radius 2 is 1.78 bits per heavy atom. The second-order valence-electron chi connectivity index (χ2n) is 3.91. The summed E-state index contributed by atoms with van der Waals surface area (Å²) in [6.07, 6.45) is 0. The quantitative estimate of drug-likeness (QED) is 0.915. The molecule has 0 amide bonds. The van der Waals surface area contributed by atoms with E-state index in [2.05, 4.69) is 9.71 Å². The number of aryl methyl sites for hydroxylation is 1. The van der Waals surface area contributed by atoms with Gasteiger partial charge in [0.25, 0.3) is 0 Å². The summed E-state index contributed by atoms with van der Waals surface area (Å²) in [7, 11) is -3.46. The maximum atomic E-state index is 12.0. The number of aromatic nitrogens is 1. The number of hydrogen-bond donors (Lipinski definition) is 1. The van der Waals surface area contributed by atoms with Gasteiger partial charge in [-0.2, -0.15) is 0 Å². The Morgan fingerprint density at radius 1 is 1.06 bits per heavy atom. The fourth-order valence-electron chi connectivity index (χ4n) is 1.55. The summed E-state index contributed by atoms with van der Waals surface area (Å²) >= 11 is 0. The van der Waals surface area contributed by atoms with Crippen LogP contribution in [0.4, 0.5) is 0 Å². The van der Waals surface area contributed by atoms with E-state index in [1.807, 2.05) is 19.1 Å². The first kappa shape index (κ1) is 12.7. The number of pyridine rings is 1. The van der Waals surface area contributed by atoms with E-state index in [1.165, 1.54) is 0 Å². The zero-order valence-electron chi connectivity index (χ0n) is 10.00. The van der Waals surface area contributed by atoms with Gasteiger partial charge in [-0.25, -0.2) is 13.1 Å². The standard InChI is InChI=1S/C13H14N2O2S/c1-11-6-5-7-12(15-11)10-14-18(16,17)13-8-3-2-4-9-13/h2-9,14H,10H2,1H3. The van der Waals surface area contributed by atoms with E-state index >= 15 is 0 Å². The second kappa shape index (κ2) is 5.29. The van der Waals surface area contributed by atoms with Gasteiger partial charge in [0.15, 0.2) is 0 Å². The normalized spacial score (nSPS) is 11.4. The summed E-state index contributed by atoms with van der Waals surface area (Å²) in [5.74, 6) is 0. The van der Waals surface area contributed by atoms with E-state index in [9.17, 15) is 8.42 Å². The van der Waals surface area contributed by atoms with E-state index in [0.717, 1.165) is 5.69 Å². The SMILES string of the molecule is Cc1cccc(CNS(=O)(=O)c2ccccc2)n1. The summed E-state index contributed by atoms with van der Waals surface area (Å²) in [6, 6.07) is 13.8. The van der Waals surface area contributed by atoms with Crippen LogP contribution in [0, 0.1) is 6.92 Å². The van der Waals surface area contributed by atoms with Crippen molar-refractivity contribution >= 4 is 10.0 Å². The number of nitrogens with zero attached hydrogens (tertiary/aromatic N) is 1. The minimum Gasteiger partial charge on any atom is -0.257 e. The van der Waals surface area contributed by atoms with Crippen molar-refractivity contribution in [1.29, 1.82) is 0 Å². The molecule has 1 aromatic heterocycles. The summed E-state index contributed by atoms with van der Waals surface area (Å²) in [4.78, 5) is 4.50. The summed E-state index contributed by atoms with van der Waals surface area (Å²) in [5, 5.41) is 0. The van der Waals surface area contributed by atoms with Crippen molar-refractivity contribution < 1.29 is 8.42 Å². The molecule has 94 valence electrons. The lowest BCUT2D eigenvalue weighted by atomic mass is 10.3.